The molecule has 5 nitrogen and oxygen atoms in total. The molecule has 1 saturated heterocycles. The lowest BCUT2D eigenvalue weighted by Gasteiger charge is -2.37. The smallest absolute Gasteiger partial charge is 0.223 e. The minimum atomic E-state index is 0.108. The molecule has 2 rings (SSSR count). The maximum absolute atomic E-state index is 12.4. The first-order valence-corrected chi connectivity index (χ1v) is 7.66. The number of rotatable bonds is 5. The van der Waals surface area contributed by atoms with E-state index in [9.17, 15) is 4.79 Å². The van der Waals surface area contributed by atoms with E-state index in [1.807, 2.05) is 36.9 Å². The predicted octanol–water partition coefficient (Wildman–Crippen LogP) is 2.27. The Morgan fingerprint density at radius 1 is 1.23 bits per heavy atom. The van der Waals surface area contributed by atoms with Crippen molar-refractivity contribution in [3.8, 4) is 11.5 Å². The number of carbonyl (C=O) groups excluding carboxylic acids is 1. The van der Waals surface area contributed by atoms with E-state index >= 15 is 0 Å². The molecule has 22 heavy (non-hydrogen) atoms. The van der Waals surface area contributed by atoms with Crippen LogP contribution in [-0.2, 0) is 16.0 Å². The summed E-state index contributed by atoms with van der Waals surface area (Å²) in [5.41, 5.74) is 1.04. The highest BCUT2D eigenvalue weighted by molar-refractivity contribution is 5.77. The molecule has 0 saturated carbocycles. The van der Waals surface area contributed by atoms with Crippen LogP contribution >= 0.6 is 0 Å². The van der Waals surface area contributed by atoms with Crippen molar-refractivity contribution >= 4 is 5.91 Å². The summed E-state index contributed by atoms with van der Waals surface area (Å²) in [6.07, 6.45) is 1.26. The molecule has 1 aromatic rings. The SMILES string of the molecule is COc1cc(CCC(=O)N2CC(C)OCC2C)cc(OC)c1. The highest BCUT2D eigenvalue weighted by Crippen LogP contribution is 2.23. The van der Waals surface area contributed by atoms with E-state index in [4.69, 9.17) is 14.2 Å². The molecule has 1 fully saturated rings. The van der Waals surface area contributed by atoms with Crippen LogP contribution in [0.2, 0.25) is 0 Å². The van der Waals surface area contributed by atoms with Crippen LogP contribution in [0.15, 0.2) is 18.2 Å². The van der Waals surface area contributed by atoms with Crippen molar-refractivity contribution in [2.75, 3.05) is 27.4 Å². The summed E-state index contributed by atoms with van der Waals surface area (Å²) in [7, 11) is 3.25. The van der Waals surface area contributed by atoms with E-state index in [1.54, 1.807) is 14.2 Å². The van der Waals surface area contributed by atoms with Gasteiger partial charge in [-0.2, -0.15) is 0 Å². The fraction of sp³-hybridized carbons (Fsp3) is 0.588. The molecule has 0 N–H and O–H groups in total. The van der Waals surface area contributed by atoms with Gasteiger partial charge < -0.3 is 19.1 Å². The van der Waals surface area contributed by atoms with Crippen LogP contribution in [0.1, 0.15) is 25.8 Å². The number of methoxy groups -OCH3 is 2. The zero-order chi connectivity index (χ0) is 16.1. The van der Waals surface area contributed by atoms with Gasteiger partial charge >= 0.3 is 0 Å². The Morgan fingerprint density at radius 2 is 1.86 bits per heavy atom. The number of hydrogen-bond donors (Lipinski definition) is 0. The second-order valence-electron chi connectivity index (χ2n) is 5.76. The fourth-order valence-corrected chi connectivity index (χ4v) is 2.66. The molecule has 0 aliphatic carbocycles. The zero-order valence-corrected chi connectivity index (χ0v) is 13.8. The minimum absolute atomic E-state index is 0.108. The van der Waals surface area contributed by atoms with Crippen molar-refractivity contribution in [3.63, 3.8) is 0 Å². The number of hydrogen-bond acceptors (Lipinski definition) is 4. The minimum Gasteiger partial charge on any atom is -0.497 e. The van der Waals surface area contributed by atoms with Crippen molar-refractivity contribution in [2.24, 2.45) is 0 Å². The first-order valence-electron chi connectivity index (χ1n) is 7.66. The van der Waals surface area contributed by atoms with E-state index in [0.29, 0.717) is 26.0 Å². The summed E-state index contributed by atoms with van der Waals surface area (Å²) in [6.45, 7) is 5.30. The van der Waals surface area contributed by atoms with Gasteiger partial charge in [-0.1, -0.05) is 0 Å². The van der Waals surface area contributed by atoms with Crippen molar-refractivity contribution in [3.05, 3.63) is 23.8 Å². The lowest BCUT2D eigenvalue weighted by molar-refractivity contribution is -0.143. The lowest BCUT2D eigenvalue weighted by Crippen LogP contribution is -2.50. The van der Waals surface area contributed by atoms with E-state index in [0.717, 1.165) is 17.1 Å². The number of ether oxygens (including phenoxy) is 3. The molecule has 0 aromatic heterocycles. The number of carbonyl (C=O) groups is 1. The second-order valence-corrected chi connectivity index (χ2v) is 5.76. The van der Waals surface area contributed by atoms with Crippen molar-refractivity contribution < 1.29 is 19.0 Å². The average Bonchev–Trinajstić information content (AvgIpc) is 2.54. The van der Waals surface area contributed by atoms with Crippen LogP contribution in [0, 0.1) is 0 Å². The van der Waals surface area contributed by atoms with E-state index in [2.05, 4.69) is 0 Å². The van der Waals surface area contributed by atoms with Crippen LogP contribution < -0.4 is 9.47 Å². The summed E-state index contributed by atoms with van der Waals surface area (Å²) in [5, 5.41) is 0. The highest BCUT2D eigenvalue weighted by Gasteiger charge is 2.27. The Kier molecular flexibility index (Phi) is 5.66. The van der Waals surface area contributed by atoms with Gasteiger partial charge in [0.25, 0.3) is 0 Å². The van der Waals surface area contributed by atoms with Crippen molar-refractivity contribution in [2.45, 2.75) is 38.8 Å². The van der Waals surface area contributed by atoms with Gasteiger partial charge in [-0.25, -0.2) is 0 Å². The third-order valence-electron chi connectivity index (χ3n) is 3.97. The molecule has 0 spiro atoms. The Labute approximate surface area is 132 Å². The Balaban J connectivity index is 1.98. The van der Waals surface area contributed by atoms with Gasteiger partial charge in [0.1, 0.15) is 11.5 Å². The number of amides is 1. The first-order chi connectivity index (χ1) is 10.5. The molecule has 1 aliphatic rings. The molecule has 0 bridgehead atoms. The average molecular weight is 307 g/mol. The first kappa shape index (κ1) is 16.6. The Hall–Kier alpha value is -1.75. The van der Waals surface area contributed by atoms with E-state index in [-0.39, 0.29) is 18.1 Å². The van der Waals surface area contributed by atoms with Crippen molar-refractivity contribution in [1.29, 1.82) is 0 Å². The lowest BCUT2D eigenvalue weighted by atomic mass is 10.1. The van der Waals surface area contributed by atoms with Crippen molar-refractivity contribution in [1.82, 2.24) is 4.90 Å². The highest BCUT2D eigenvalue weighted by atomic mass is 16.5. The van der Waals surface area contributed by atoms with Gasteiger partial charge in [-0.15, -0.1) is 0 Å². The molecule has 2 atom stereocenters. The predicted molar refractivity (Wildman–Crippen MR) is 84.5 cm³/mol. The molecule has 2 unspecified atom stereocenters. The monoisotopic (exact) mass is 307 g/mol. The standard InChI is InChI=1S/C17H25NO4/c1-12-11-22-13(2)10-18(12)17(19)6-5-14-7-15(20-3)9-16(8-14)21-4/h7-9,12-13H,5-6,10-11H2,1-4H3. The molecule has 5 heteroatoms. The molecular formula is C17H25NO4. The van der Waals surface area contributed by atoms with E-state index < -0.39 is 0 Å². The number of benzene rings is 1. The largest absolute Gasteiger partial charge is 0.497 e. The van der Waals surface area contributed by atoms with E-state index in [1.165, 1.54) is 0 Å². The normalized spacial score (nSPS) is 21.5. The number of morpholine rings is 1. The molecule has 1 heterocycles. The maximum Gasteiger partial charge on any atom is 0.223 e. The van der Waals surface area contributed by atoms with Crippen LogP contribution in [-0.4, -0.2) is 50.3 Å². The maximum atomic E-state index is 12.4. The van der Waals surface area contributed by atoms with Crippen LogP contribution in [0.4, 0.5) is 0 Å². The molecule has 1 amide bonds. The molecule has 0 radical (unpaired) electrons. The van der Waals surface area contributed by atoms with Gasteiger partial charge in [0.15, 0.2) is 0 Å². The van der Waals surface area contributed by atoms with Crippen LogP contribution in [0.25, 0.3) is 0 Å². The summed E-state index contributed by atoms with van der Waals surface area (Å²) in [6, 6.07) is 5.86. The van der Waals surface area contributed by atoms with Crippen LogP contribution in [0.5, 0.6) is 11.5 Å². The van der Waals surface area contributed by atoms with Gasteiger partial charge in [0.2, 0.25) is 5.91 Å². The summed E-state index contributed by atoms with van der Waals surface area (Å²) in [5.74, 6) is 1.66. The Morgan fingerprint density at radius 3 is 2.45 bits per heavy atom. The second kappa shape index (κ2) is 7.49. The zero-order valence-electron chi connectivity index (χ0n) is 13.8. The van der Waals surface area contributed by atoms with Gasteiger partial charge in [-0.05, 0) is 38.0 Å². The molecule has 122 valence electrons. The molecule has 1 aliphatic heterocycles. The molecular weight excluding hydrogens is 282 g/mol. The Bertz CT molecular complexity index is 495. The summed E-state index contributed by atoms with van der Waals surface area (Å²) in [4.78, 5) is 14.4. The quantitative estimate of drug-likeness (QED) is 0.837. The van der Waals surface area contributed by atoms with Gasteiger partial charge in [0, 0.05) is 19.0 Å². The number of aryl methyl sites for hydroxylation is 1. The fourth-order valence-electron chi connectivity index (χ4n) is 2.66. The third kappa shape index (κ3) is 4.13. The van der Waals surface area contributed by atoms with Crippen LogP contribution in [0.3, 0.4) is 0 Å². The number of nitrogens with zero attached hydrogens (tertiary/aromatic N) is 1. The topological polar surface area (TPSA) is 48.0 Å². The molecule has 1 aromatic carbocycles. The van der Waals surface area contributed by atoms with Gasteiger partial charge in [0.05, 0.1) is 33.0 Å². The third-order valence-corrected chi connectivity index (χ3v) is 3.97. The summed E-state index contributed by atoms with van der Waals surface area (Å²) < 4.78 is 16.1. The summed E-state index contributed by atoms with van der Waals surface area (Å²) >= 11 is 0. The van der Waals surface area contributed by atoms with Gasteiger partial charge in [-0.3, -0.25) is 4.79 Å².